The maximum atomic E-state index is 10.6. The van der Waals surface area contributed by atoms with Gasteiger partial charge in [0.05, 0.1) is 25.2 Å². The molecule has 0 aromatic heterocycles. The summed E-state index contributed by atoms with van der Waals surface area (Å²) in [7, 11) is 5.72. The summed E-state index contributed by atoms with van der Waals surface area (Å²) in [6.45, 7) is -0.00814. The molecule has 4 unspecified atom stereocenters. The minimum atomic E-state index is -0.682. The number of hydrogen-bond donors (Lipinski definition) is 1. The molecule has 2 aliphatic heterocycles. The van der Waals surface area contributed by atoms with Crippen LogP contribution in [0.2, 0.25) is 0 Å². The molecule has 2 saturated carbocycles. The quantitative estimate of drug-likeness (QED) is 0.843. The minimum Gasteiger partial charge on any atom is -0.493 e. The number of methoxy groups -OCH3 is 2. The van der Waals surface area contributed by atoms with Gasteiger partial charge in [0, 0.05) is 24.3 Å². The zero-order chi connectivity index (χ0) is 17.2. The molecule has 1 N–H and O–H groups in total. The van der Waals surface area contributed by atoms with Crippen LogP contribution in [-0.2, 0) is 16.6 Å². The summed E-state index contributed by atoms with van der Waals surface area (Å²) >= 11 is 0. The van der Waals surface area contributed by atoms with Gasteiger partial charge in [-0.25, -0.2) is 0 Å². The third-order valence-electron chi connectivity index (χ3n) is 8.39. The molecule has 3 fully saturated rings. The zero-order valence-corrected chi connectivity index (χ0v) is 15.0. The van der Waals surface area contributed by atoms with Gasteiger partial charge in [-0.1, -0.05) is 6.07 Å². The first-order valence-corrected chi connectivity index (χ1v) is 9.35. The van der Waals surface area contributed by atoms with Gasteiger partial charge in [-0.15, -0.1) is 0 Å². The molecule has 1 saturated heterocycles. The van der Waals surface area contributed by atoms with Crippen LogP contribution < -0.4 is 9.47 Å². The number of fused-ring (bicyclic) bond motifs is 1. The topological polar surface area (TPSA) is 50.9 Å². The Morgan fingerprint density at radius 2 is 2.16 bits per heavy atom. The van der Waals surface area contributed by atoms with Crippen LogP contribution in [0, 0.1) is 5.92 Å². The minimum absolute atomic E-state index is 0.00814. The van der Waals surface area contributed by atoms with Crippen molar-refractivity contribution < 1.29 is 19.3 Å². The lowest BCUT2D eigenvalue weighted by Crippen LogP contribution is -2.68. The second-order valence-electron chi connectivity index (χ2n) is 8.67. The normalized spacial score (nSPS) is 50.1. The van der Waals surface area contributed by atoms with E-state index in [1.807, 2.05) is 6.07 Å². The number of rotatable bonds is 3. The number of likely N-dealkylation sites (tertiary alicyclic amines) is 1. The van der Waals surface area contributed by atoms with Gasteiger partial charge in [0.25, 0.3) is 0 Å². The molecule has 5 nitrogen and oxygen atoms in total. The first kappa shape index (κ1) is 14.8. The van der Waals surface area contributed by atoms with Crippen LogP contribution in [-0.4, -0.2) is 61.2 Å². The fraction of sp³-hybridized carbons (Fsp3) is 0.700. The van der Waals surface area contributed by atoms with E-state index in [4.69, 9.17) is 14.2 Å². The van der Waals surface area contributed by atoms with Gasteiger partial charge >= 0.3 is 0 Å². The number of ether oxygens (including phenoxy) is 3. The van der Waals surface area contributed by atoms with Crippen molar-refractivity contribution in [1.82, 2.24) is 4.90 Å². The van der Waals surface area contributed by atoms with E-state index in [9.17, 15) is 5.11 Å². The highest BCUT2D eigenvalue weighted by Crippen LogP contribution is 2.77. The number of aliphatic hydroxyl groups is 1. The van der Waals surface area contributed by atoms with E-state index in [-0.39, 0.29) is 23.7 Å². The lowest BCUT2D eigenvalue weighted by molar-refractivity contribution is -0.169. The summed E-state index contributed by atoms with van der Waals surface area (Å²) < 4.78 is 18.2. The van der Waals surface area contributed by atoms with E-state index in [1.54, 1.807) is 14.2 Å². The third kappa shape index (κ3) is 1.24. The number of piperidine rings is 1. The fourth-order valence-corrected chi connectivity index (χ4v) is 7.56. The molecule has 7 atom stereocenters. The van der Waals surface area contributed by atoms with Crippen LogP contribution in [0.3, 0.4) is 0 Å². The summed E-state index contributed by atoms with van der Waals surface area (Å²) in [5.41, 5.74) is 2.12. The lowest BCUT2D eigenvalue weighted by atomic mass is 9.53. The van der Waals surface area contributed by atoms with E-state index in [0.717, 1.165) is 37.2 Å². The van der Waals surface area contributed by atoms with Gasteiger partial charge < -0.3 is 19.3 Å². The van der Waals surface area contributed by atoms with Crippen LogP contribution >= 0.6 is 0 Å². The van der Waals surface area contributed by atoms with E-state index in [0.29, 0.717) is 12.0 Å². The van der Waals surface area contributed by atoms with Crippen LogP contribution in [0.25, 0.3) is 0 Å². The largest absolute Gasteiger partial charge is 0.493 e. The Morgan fingerprint density at radius 3 is 2.88 bits per heavy atom. The second kappa shape index (κ2) is 4.16. The molecule has 5 heteroatoms. The predicted octanol–water partition coefficient (Wildman–Crippen LogP) is 1.49. The smallest absolute Gasteiger partial charge is 0.168 e. The Morgan fingerprint density at radius 1 is 1.32 bits per heavy atom. The van der Waals surface area contributed by atoms with Crippen molar-refractivity contribution in [2.75, 3.05) is 27.9 Å². The molecule has 2 spiro atoms. The van der Waals surface area contributed by atoms with E-state index < -0.39 is 5.60 Å². The van der Waals surface area contributed by atoms with Crippen molar-refractivity contribution >= 4 is 0 Å². The molecule has 25 heavy (non-hydrogen) atoms. The summed E-state index contributed by atoms with van der Waals surface area (Å²) in [5.74, 6) is 2.17. The lowest BCUT2D eigenvalue weighted by Gasteiger charge is -2.55. The molecular formula is C20H25NO4. The Balaban J connectivity index is 1.69. The van der Waals surface area contributed by atoms with Crippen LogP contribution in [0.1, 0.15) is 30.4 Å². The zero-order valence-electron chi connectivity index (χ0n) is 15.0. The van der Waals surface area contributed by atoms with Gasteiger partial charge in [0.1, 0.15) is 0 Å². The van der Waals surface area contributed by atoms with Crippen LogP contribution in [0.15, 0.2) is 12.1 Å². The molecule has 6 rings (SSSR count). The van der Waals surface area contributed by atoms with Crippen molar-refractivity contribution in [2.24, 2.45) is 5.92 Å². The average molecular weight is 343 g/mol. The van der Waals surface area contributed by atoms with Crippen molar-refractivity contribution in [3.8, 4) is 11.5 Å². The van der Waals surface area contributed by atoms with Gasteiger partial charge in [0.15, 0.2) is 17.1 Å². The highest BCUT2D eigenvalue weighted by Gasteiger charge is 2.85. The third-order valence-corrected chi connectivity index (χ3v) is 8.39. The maximum Gasteiger partial charge on any atom is 0.168 e. The number of benzene rings is 1. The van der Waals surface area contributed by atoms with Crippen LogP contribution in [0.4, 0.5) is 0 Å². The highest BCUT2D eigenvalue weighted by molar-refractivity contribution is 5.66. The van der Waals surface area contributed by atoms with E-state index in [1.165, 1.54) is 11.1 Å². The molecule has 0 amide bonds. The summed E-state index contributed by atoms with van der Waals surface area (Å²) in [4.78, 5) is 2.57. The molecular weight excluding hydrogens is 318 g/mol. The van der Waals surface area contributed by atoms with Crippen molar-refractivity contribution in [3.63, 3.8) is 0 Å². The number of aliphatic hydroxyl groups excluding tert-OH is 1. The maximum absolute atomic E-state index is 10.6. The Hall–Kier alpha value is -1.30. The van der Waals surface area contributed by atoms with Gasteiger partial charge in [-0.05, 0) is 50.3 Å². The summed E-state index contributed by atoms with van der Waals surface area (Å²) in [6.07, 6.45) is 4.14. The first-order chi connectivity index (χ1) is 12.1. The number of hydrogen-bond acceptors (Lipinski definition) is 5. The van der Waals surface area contributed by atoms with Crippen molar-refractivity contribution in [2.45, 2.75) is 54.4 Å². The number of nitrogens with zero attached hydrogens (tertiary/aromatic N) is 1. The summed E-state index contributed by atoms with van der Waals surface area (Å²) in [5, 5.41) is 10.6. The Labute approximate surface area is 147 Å². The van der Waals surface area contributed by atoms with Crippen LogP contribution in [0.5, 0.6) is 11.5 Å². The van der Waals surface area contributed by atoms with Crippen molar-refractivity contribution in [3.05, 3.63) is 23.3 Å². The standard InChI is InChI=1S/C20H25NO4/c1-21-17-12-5-7-14(24-3)20(10-22)19(12)9-18(17,21)8-11-4-6-13(23-2)16(25-20)15(11)19/h4,6,12,14,17,22H,5,7-10H2,1-3H3/t12?,14?,17-,18?,19-,20-,21?/m0/s1. The average Bonchev–Trinajstić information content (AvgIpc) is 2.93. The molecule has 5 aliphatic rings. The van der Waals surface area contributed by atoms with E-state index >= 15 is 0 Å². The molecule has 0 radical (unpaired) electrons. The Bertz CT molecular complexity index is 796. The molecule has 2 bridgehead atoms. The molecule has 2 heterocycles. The highest BCUT2D eigenvalue weighted by atomic mass is 16.6. The second-order valence-corrected chi connectivity index (χ2v) is 8.67. The first-order valence-electron chi connectivity index (χ1n) is 9.35. The van der Waals surface area contributed by atoms with E-state index in [2.05, 4.69) is 18.0 Å². The SMILES string of the molecule is COc1ccc2c3c1O[C@@]1(CO)C(OC)CCC4[C@@H]5N(C)C5(C2)C[C@@]341. The van der Waals surface area contributed by atoms with Gasteiger partial charge in [-0.2, -0.15) is 0 Å². The molecule has 3 aliphatic carbocycles. The van der Waals surface area contributed by atoms with Crippen molar-refractivity contribution in [1.29, 1.82) is 0 Å². The molecule has 1 aromatic carbocycles. The predicted molar refractivity (Wildman–Crippen MR) is 91.2 cm³/mol. The van der Waals surface area contributed by atoms with Gasteiger partial charge in [0.2, 0.25) is 0 Å². The molecule has 1 aromatic rings. The fourth-order valence-electron chi connectivity index (χ4n) is 7.56. The van der Waals surface area contributed by atoms with Gasteiger partial charge in [-0.3, -0.25) is 4.90 Å². The Kier molecular flexibility index (Phi) is 2.47. The monoisotopic (exact) mass is 343 g/mol. The molecule has 134 valence electrons. The summed E-state index contributed by atoms with van der Waals surface area (Å²) in [6, 6.07) is 4.85. The number of likely N-dealkylation sites (N-methyl/N-ethyl adjacent to an activating group) is 1.